The van der Waals surface area contributed by atoms with Crippen molar-refractivity contribution in [1.29, 1.82) is 0 Å². The van der Waals surface area contributed by atoms with Gasteiger partial charge < -0.3 is 9.64 Å². The van der Waals surface area contributed by atoms with Crippen molar-refractivity contribution in [1.82, 2.24) is 9.88 Å². The molecular formula is C22H27N3O2S. The van der Waals surface area contributed by atoms with E-state index in [1.54, 1.807) is 16.2 Å². The minimum atomic E-state index is -0.0407. The summed E-state index contributed by atoms with van der Waals surface area (Å²) in [5, 5.41) is 0.733. The number of thiazole rings is 1. The van der Waals surface area contributed by atoms with Crippen LogP contribution < -0.4 is 9.64 Å². The molecule has 6 heteroatoms. The molecule has 0 N–H and O–H groups in total. The van der Waals surface area contributed by atoms with Gasteiger partial charge in [-0.2, -0.15) is 0 Å². The van der Waals surface area contributed by atoms with E-state index in [2.05, 4.69) is 16.8 Å². The van der Waals surface area contributed by atoms with Gasteiger partial charge in [0.25, 0.3) is 5.91 Å². The topological polar surface area (TPSA) is 45.7 Å². The molecule has 0 bridgehead atoms. The third kappa shape index (κ3) is 5.09. The Morgan fingerprint density at radius 1 is 1.07 bits per heavy atom. The molecule has 0 aliphatic rings. The van der Waals surface area contributed by atoms with Crippen molar-refractivity contribution in [3.05, 3.63) is 54.1 Å². The van der Waals surface area contributed by atoms with Crippen molar-refractivity contribution in [2.24, 2.45) is 0 Å². The molecule has 0 spiro atoms. The van der Waals surface area contributed by atoms with Gasteiger partial charge in [-0.3, -0.25) is 9.69 Å². The van der Waals surface area contributed by atoms with Crippen LogP contribution in [0.25, 0.3) is 10.2 Å². The summed E-state index contributed by atoms with van der Waals surface area (Å²) >= 11 is 1.55. The molecule has 0 unspecified atom stereocenters. The predicted molar refractivity (Wildman–Crippen MR) is 117 cm³/mol. The van der Waals surface area contributed by atoms with Gasteiger partial charge in [-0.15, -0.1) is 0 Å². The number of aromatic nitrogens is 1. The van der Waals surface area contributed by atoms with E-state index in [4.69, 9.17) is 4.74 Å². The molecule has 1 aromatic heterocycles. The summed E-state index contributed by atoms with van der Waals surface area (Å²) in [5.74, 6) is 0.755. The number of nitrogens with zero attached hydrogens (tertiary/aromatic N) is 3. The van der Waals surface area contributed by atoms with Crippen molar-refractivity contribution < 1.29 is 9.53 Å². The summed E-state index contributed by atoms with van der Waals surface area (Å²) in [7, 11) is 4.01. The standard InChI is InChI=1S/C22H27N3O2S/c1-4-5-16-27-18-12-10-17(11-13-18)21(26)25(15-14-24(2)3)22-23-19-8-6-7-9-20(19)28-22/h6-13H,4-5,14-16H2,1-3H3. The van der Waals surface area contributed by atoms with Crippen LogP contribution in [0.1, 0.15) is 30.1 Å². The number of unbranched alkanes of at least 4 members (excludes halogenated alkanes) is 1. The normalized spacial score (nSPS) is 11.1. The molecule has 3 rings (SSSR count). The van der Waals surface area contributed by atoms with Gasteiger partial charge in [-0.1, -0.05) is 36.8 Å². The Labute approximate surface area is 170 Å². The third-order valence-electron chi connectivity index (χ3n) is 4.40. The van der Waals surface area contributed by atoms with Crippen LogP contribution in [0.2, 0.25) is 0 Å². The van der Waals surface area contributed by atoms with Crippen LogP contribution in [-0.4, -0.2) is 49.6 Å². The molecule has 0 aliphatic heterocycles. The highest BCUT2D eigenvalue weighted by atomic mass is 32.1. The maximum absolute atomic E-state index is 13.2. The van der Waals surface area contributed by atoms with Gasteiger partial charge >= 0.3 is 0 Å². The van der Waals surface area contributed by atoms with Gasteiger partial charge in [0.1, 0.15) is 5.75 Å². The fourth-order valence-electron chi connectivity index (χ4n) is 2.74. The summed E-state index contributed by atoms with van der Waals surface area (Å²) < 4.78 is 6.79. The number of hydrogen-bond donors (Lipinski definition) is 0. The SMILES string of the molecule is CCCCOc1ccc(C(=O)N(CCN(C)C)c2nc3ccccc3s2)cc1. The number of para-hydroxylation sites is 1. The van der Waals surface area contributed by atoms with Crippen molar-refractivity contribution in [2.45, 2.75) is 19.8 Å². The Balaban J connectivity index is 1.81. The largest absolute Gasteiger partial charge is 0.494 e. The molecule has 0 saturated heterocycles. The Bertz CT molecular complexity index is 873. The second-order valence-corrected chi connectivity index (χ2v) is 7.96. The van der Waals surface area contributed by atoms with Crippen LogP contribution in [0.15, 0.2) is 48.5 Å². The van der Waals surface area contributed by atoms with Crippen LogP contribution in [0.5, 0.6) is 5.75 Å². The van der Waals surface area contributed by atoms with E-state index >= 15 is 0 Å². The second kappa shape index (κ2) is 9.66. The van der Waals surface area contributed by atoms with Gasteiger partial charge in [0.15, 0.2) is 5.13 Å². The highest BCUT2D eigenvalue weighted by molar-refractivity contribution is 7.22. The molecular weight excluding hydrogens is 370 g/mol. The highest BCUT2D eigenvalue weighted by Gasteiger charge is 2.21. The smallest absolute Gasteiger partial charge is 0.260 e. The molecule has 1 heterocycles. The first-order valence-corrected chi connectivity index (χ1v) is 10.4. The summed E-state index contributed by atoms with van der Waals surface area (Å²) in [6.07, 6.45) is 2.12. The van der Waals surface area contributed by atoms with Gasteiger partial charge in [0.2, 0.25) is 0 Å². The average molecular weight is 398 g/mol. The summed E-state index contributed by atoms with van der Waals surface area (Å²) in [6, 6.07) is 15.4. The zero-order valence-corrected chi connectivity index (χ0v) is 17.5. The van der Waals surface area contributed by atoms with E-state index in [0.717, 1.165) is 40.5 Å². The van der Waals surface area contributed by atoms with Crippen LogP contribution in [0.4, 0.5) is 5.13 Å². The number of carbonyl (C=O) groups is 1. The maximum atomic E-state index is 13.2. The lowest BCUT2D eigenvalue weighted by molar-refractivity contribution is 0.0985. The van der Waals surface area contributed by atoms with E-state index in [-0.39, 0.29) is 5.91 Å². The van der Waals surface area contributed by atoms with Gasteiger partial charge in [-0.05, 0) is 56.9 Å². The lowest BCUT2D eigenvalue weighted by atomic mass is 10.2. The predicted octanol–water partition coefficient (Wildman–Crippen LogP) is 4.68. The van der Waals surface area contributed by atoms with Crippen molar-refractivity contribution in [2.75, 3.05) is 38.7 Å². The molecule has 1 amide bonds. The van der Waals surface area contributed by atoms with E-state index in [0.29, 0.717) is 18.7 Å². The number of fused-ring (bicyclic) bond motifs is 1. The molecule has 2 aromatic carbocycles. The second-order valence-electron chi connectivity index (χ2n) is 6.95. The Morgan fingerprint density at radius 3 is 2.50 bits per heavy atom. The number of anilines is 1. The summed E-state index contributed by atoms with van der Waals surface area (Å²) in [6.45, 7) is 4.18. The molecule has 3 aromatic rings. The lowest BCUT2D eigenvalue weighted by Gasteiger charge is -2.22. The molecule has 0 saturated carbocycles. The van der Waals surface area contributed by atoms with Crippen LogP contribution in [0, 0.1) is 0 Å². The summed E-state index contributed by atoms with van der Waals surface area (Å²) in [5.41, 5.74) is 1.56. The van der Waals surface area contributed by atoms with E-state index in [9.17, 15) is 4.79 Å². The number of rotatable bonds is 9. The molecule has 0 radical (unpaired) electrons. The van der Waals surface area contributed by atoms with Crippen molar-refractivity contribution in [3.8, 4) is 5.75 Å². The Kier molecular flexibility index (Phi) is 7.01. The molecule has 148 valence electrons. The molecule has 28 heavy (non-hydrogen) atoms. The number of carbonyl (C=O) groups excluding carboxylic acids is 1. The zero-order valence-electron chi connectivity index (χ0n) is 16.7. The fraction of sp³-hybridized carbons (Fsp3) is 0.364. The molecule has 0 aliphatic carbocycles. The Morgan fingerprint density at radius 2 is 1.82 bits per heavy atom. The average Bonchev–Trinajstić information content (AvgIpc) is 3.12. The number of ether oxygens (including phenoxy) is 1. The van der Waals surface area contributed by atoms with Crippen LogP contribution in [-0.2, 0) is 0 Å². The first kappa shape index (κ1) is 20.3. The zero-order chi connectivity index (χ0) is 19.9. The first-order valence-electron chi connectivity index (χ1n) is 9.63. The van der Waals surface area contributed by atoms with Crippen molar-refractivity contribution in [3.63, 3.8) is 0 Å². The molecule has 0 atom stereocenters. The fourth-order valence-corrected chi connectivity index (χ4v) is 3.73. The van der Waals surface area contributed by atoms with Crippen molar-refractivity contribution >= 4 is 32.6 Å². The molecule has 5 nitrogen and oxygen atoms in total. The van der Waals surface area contributed by atoms with Gasteiger partial charge in [-0.25, -0.2) is 4.98 Å². The quantitative estimate of drug-likeness (QED) is 0.492. The number of hydrogen-bond acceptors (Lipinski definition) is 5. The summed E-state index contributed by atoms with van der Waals surface area (Å²) in [4.78, 5) is 21.8. The van der Waals surface area contributed by atoms with E-state index in [1.807, 2.05) is 62.6 Å². The minimum Gasteiger partial charge on any atom is -0.494 e. The monoisotopic (exact) mass is 397 g/mol. The lowest BCUT2D eigenvalue weighted by Crippen LogP contribution is -2.36. The minimum absolute atomic E-state index is 0.0407. The first-order chi connectivity index (χ1) is 13.6. The third-order valence-corrected chi connectivity index (χ3v) is 5.46. The Hall–Kier alpha value is -2.44. The number of benzene rings is 2. The van der Waals surface area contributed by atoms with E-state index < -0.39 is 0 Å². The van der Waals surface area contributed by atoms with Gasteiger partial charge in [0.05, 0.1) is 16.8 Å². The number of amides is 1. The van der Waals surface area contributed by atoms with Gasteiger partial charge in [0, 0.05) is 18.7 Å². The molecule has 0 fully saturated rings. The van der Waals surface area contributed by atoms with Crippen LogP contribution in [0.3, 0.4) is 0 Å². The maximum Gasteiger partial charge on any atom is 0.260 e. The van der Waals surface area contributed by atoms with Crippen LogP contribution >= 0.6 is 11.3 Å². The highest BCUT2D eigenvalue weighted by Crippen LogP contribution is 2.29. The van der Waals surface area contributed by atoms with E-state index in [1.165, 1.54) is 0 Å². The number of likely N-dealkylation sites (N-methyl/N-ethyl adjacent to an activating group) is 1.